The smallest absolute Gasteiger partial charge is 0.247 e. The van der Waals surface area contributed by atoms with Gasteiger partial charge >= 0.3 is 0 Å². The van der Waals surface area contributed by atoms with Crippen molar-refractivity contribution in [2.24, 2.45) is 0 Å². The molecule has 0 amide bonds. The van der Waals surface area contributed by atoms with Crippen LogP contribution in [0.25, 0.3) is 11.5 Å². The minimum Gasteiger partial charge on any atom is -0.419 e. The van der Waals surface area contributed by atoms with Crippen LogP contribution in [0, 0.1) is 5.82 Å². The number of hydrogen-bond acceptors (Lipinski definition) is 3. The van der Waals surface area contributed by atoms with E-state index < -0.39 is 11.2 Å². The van der Waals surface area contributed by atoms with Crippen LogP contribution in [0.5, 0.6) is 0 Å². The van der Waals surface area contributed by atoms with Gasteiger partial charge in [0, 0.05) is 5.56 Å². The maximum absolute atomic E-state index is 13.5. The van der Waals surface area contributed by atoms with Crippen molar-refractivity contribution in [2.75, 3.05) is 0 Å². The molecule has 0 spiro atoms. The zero-order chi connectivity index (χ0) is 14.8. The molecule has 1 atom stereocenters. The largest absolute Gasteiger partial charge is 0.419 e. The van der Waals surface area contributed by atoms with Crippen molar-refractivity contribution in [2.45, 2.75) is 5.38 Å². The molecule has 6 heteroatoms. The van der Waals surface area contributed by atoms with Gasteiger partial charge in [0.05, 0.1) is 4.47 Å². The molecule has 106 valence electrons. The topological polar surface area (TPSA) is 38.9 Å². The molecule has 1 unspecified atom stereocenters. The van der Waals surface area contributed by atoms with Crippen LogP contribution in [0.4, 0.5) is 4.39 Å². The summed E-state index contributed by atoms with van der Waals surface area (Å²) in [6.07, 6.45) is 0. The summed E-state index contributed by atoms with van der Waals surface area (Å²) in [4.78, 5) is 0. The second kappa shape index (κ2) is 5.95. The van der Waals surface area contributed by atoms with E-state index in [0.29, 0.717) is 10.0 Å². The number of nitrogens with zero attached hydrogens (tertiary/aromatic N) is 2. The average Bonchev–Trinajstić information content (AvgIpc) is 3.00. The number of hydrogen-bond donors (Lipinski definition) is 0. The van der Waals surface area contributed by atoms with Crippen molar-refractivity contribution in [1.82, 2.24) is 10.2 Å². The van der Waals surface area contributed by atoms with Crippen LogP contribution in [0.2, 0.25) is 0 Å². The molecule has 0 N–H and O–H groups in total. The Morgan fingerprint density at radius 2 is 1.86 bits per heavy atom. The summed E-state index contributed by atoms with van der Waals surface area (Å²) in [5.41, 5.74) is 1.36. The highest BCUT2D eigenvalue weighted by Gasteiger charge is 2.19. The van der Waals surface area contributed by atoms with Gasteiger partial charge < -0.3 is 4.42 Å². The Kier molecular flexibility index (Phi) is 4.03. The predicted molar refractivity (Wildman–Crippen MR) is 81.5 cm³/mol. The molecule has 1 heterocycles. The van der Waals surface area contributed by atoms with Gasteiger partial charge in [-0.25, -0.2) is 4.39 Å². The van der Waals surface area contributed by atoms with Crippen LogP contribution in [0.1, 0.15) is 16.8 Å². The van der Waals surface area contributed by atoms with E-state index in [9.17, 15) is 4.39 Å². The summed E-state index contributed by atoms with van der Waals surface area (Å²) in [7, 11) is 0. The highest BCUT2D eigenvalue weighted by molar-refractivity contribution is 9.10. The Bertz CT molecular complexity index is 763. The molecule has 3 aromatic rings. The lowest BCUT2D eigenvalue weighted by molar-refractivity contribution is 0.512. The number of aromatic nitrogens is 2. The third kappa shape index (κ3) is 2.99. The number of benzene rings is 2. The fraction of sp³-hybridized carbons (Fsp3) is 0.0667. The van der Waals surface area contributed by atoms with Crippen LogP contribution >= 0.6 is 27.5 Å². The molecule has 21 heavy (non-hydrogen) atoms. The molecule has 0 saturated carbocycles. The van der Waals surface area contributed by atoms with Crippen molar-refractivity contribution in [3.05, 3.63) is 70.3 Å². The molecule has 2 aromatic carbocycles. The number of alkyl halides is 1. The highest BCUT2D eigenvalue weighted by Crippen LogP contribution is 2.30. The summed E-state index contributed by atoms with van der Waals surface area (Å²) in [6, 6.07) is 14.0. The lowest BCUT2D eigenvalue weighted by atomic mass is 10.1. The Morgan fingerprint density at radius 3 is 2.57 bits per heavy atom. The van der Waals surface area contributed by atoms with E-state index in [1.807, 2.05) is 30.3 Å². The van der Waals surface area contributed by atoms with Gasteiger partial charge in [0.1, 0.15) is 11.2 Å². The monoisotopic (exact) mass is 366 g/mol. The quantitative estimate of drug-likeness (QED) is 0.614. The third-order valence-electron chi connectivity index (χ3n) is 2.92. The average molecular weight is 368 g/mol. The Hall–Kier alpha value is -1.72. The van der Waals surface area contributed by atoms with Crippen molar-refractivity contribution in [3.63, 3.8) is 0 Å². The molecule has 0 bridgehead atoms. The Labute approximate surface area is 133 Å². The predicted octanol–water partition coefficient (Wildman–Crippen LogP) is 4.97. The molecular formula is C15H9BrClFN2O. The maximum atomic E-state index is 13.5. The molecule has 0 aliphatic carbocycles. The van der Waals surface area contributed by atoms with Gasteiger partial charge in [-0.2, -0.15) is 0 Å². The van der Waals surface area contributed by atoms with Crippen LogP contribution in [0.15, 0.2) is 57.4 Å². The maximum Gasteiger partial charge on any atom is 0.247 e. The van der Waals surface area contributed by atoms with Crippen molar-refractivity contribution in [3.8, 4) is 11.5 Å². The van der Waals surface area contributed by atoms with Crippen molar-refractivity contribution >= 4 is 27.5 Å². The molecule has 1 aromatic heterocycles. The first-order chi connectivity index (χ1) is 10.1. The highest BCUT2D eigenvalue weighted by atomic mass is 79.9. The van der Waals surface area contributed by atoms with E-state index in [1.54, 1.807) is 12.1 Å². The van der Waals surface area contributed by atoms with Crippen LogP contribution in [-0.2, 0) is 0 Å². The summed E-state index contributed by atoms with van der Waals surface area (Å²) >= 11 is 9.41. The van der Waals surface area contributed by atoms with Gasteiger partial charge in [0.15, 0.2) is 0 Å². The van der Waals surface area contributed by atoms with Crippen LogP contribution < -0.4 is 0 Å². The van der Waals surface area contributed by atoms with Crippen LogP contribution in [-0.4, -0.2) is 10.2 Å². The first-order valence-electron chi connectivity index (χ1n) is 6.13. The molecule has 0 radical (unpaired) electrons. The zero-order valence-corrected chi connectivity index (χ0v) is 13.0. The summed E-state index contributed by atoms with van der Waals surface area (Å²) in [6.45, 7) is 0. The fourth-order valence-electron chi connectivity index (χ4n) is 1.85. The Morgan fingerprint density at radius 1 is 1.10 bits per heavy atom. The lowest BCUT2D eigenvalue weighted by Crippen LogP contribution is -1.92. The third-order valence-corrected chi connectivity index (χ3v) is 4.00. The molecule has 0 saturated heterocycles. The number of rotatable bonds is 3. The molecular weight excluding hydrogens is 359 g/mol. The van der Waals surface area contributed by atoms with E-state index in [2.05, 4.69) is 26.1 Å². The second-order valence-electron chi connectivity index (χ2n) is 4.35. The summed E-state index contributed by atoms with van der Waals surface area (Å²) in [5.74, 6) is 0.122. The minimum absolute atomic E-state index is 0.234. The summed E-state index contributed by atoms with van der Waals surface area (Å²) in [5, 5.41) is 7.32. The van der Waals surface area contributed by atoms with E-state index in [4.69, 9.17) is 16.0 Å². The van der Waals surface area contributed by atoms with Crippen LogP contribution in [0.3, 0.4) is 0 Å². The molecule has 0 aliphatic heterocycles. The molecule has 0 aliphatic rings. The first-order valence-corrected chi connectivity index (χ1v) is 7.36. The van der Waals surface area contributed by atoms with Crippen molar-refractivity contribution < 1.29 is 8.81 Å². The standard InChI is InChI=1S/C15H9BrClFN2O/c16-11-7-6-10(8-12(11)18)14-19-20-15(21-14)13(17)9-4-2-1-3-5-9/h1-8,13H. The SMILES string of the molecule is Fc1cc(-c2nnc(C(Cl)c3ccccc3)o2)ccc1Br. The van der Waals surface area contributed by atoms with Gasteiger partial charge in [-0.1, -0.05) is 30.3 Å². The Balaban J connectivity index is 1.91. The first kappa shape index (κ1) is 14.2. The van der Waals surface area contributed by atoms with E-state index in [1.165, 1.54) is 6.07 Å². The minimum atomic E-state index is -0.534. The molecule has 3 nitrogen and oxygen atoms in total. The van der Waals surface area contributed by atoms with E-state index in [0.717, 1.165) is 5.56 Å². The molecule has 3 rings (SSSR count). The molecule has 0 fully saturated rings. The fourth-order valence-corrected chi connectivity index (χ4v) is 2.33. The van der Waals surface area contributed by atoms with Gasteiger partial charge in [0.2, 0.25) is 11.8 Å². The van der Waals surface area contributed by atoms with Gasteiger partial charge in [-0.05, 0) is 39.7 Å². The second-order valence-corrected chi connectivity index (χ2v) is 5.64. The van der Waals surface area contributed by atoms with E-state index in [-0.39, 0.29) is 11.8 Å². The van der Waals surface area contributed by atoms with Crippen molar-refractivity contribution in [1.29, 1.82) is 0 Å². The lowest BCUT2D eigenvalue weighted by Gasteiger charge is -2.04. The summed E-state index contributed by atoms with van der Waals surface area (Å²) < 4.78 is 19.5. The van der Waals surface area contributed by atoms with Gasteiger partial charge in [-0.15, -0.1) is 21.8 Å². The number of halogens is 3. The van der Waals surface area contributed by atoms with Gasteiger partial charge in [0.25, 0.3) is 0 Å². The normalized spacial score (nSPS) is 12.3. The van der Waals surface area contributed by atoms with E-state index >= 15 is 0 Å². The van der Waals surface area contributed by atoms with Gasteiger partial charge in [-0.3, -0.25) is 0 Å². The zero-order valence-electron chi connectivity index (χ0n) is 10.6.